The van der Waals surface area contributed by atoms with Gasteiger partial charge in [-0.1, -0.05) is 41.0 Å². The third-order valence-electron chi connectivity index (χ3n) is 7.06. The van der Waals surface area contributed by atoms with Crippen molar-refractivity contribution < 1.29 is 40.9 Å². The number of carbonyl (C=O) groups excluding carboxylic acids is 3. The summed E-state index contributed by atoms with van der Waals surface area (Å²) in [5, 5.41) is 0. The topological polar surface area (TPSA) is 107 Å². The summed E-state index contributed by atoms with van der Waals surface area (Å²) in [5.41, 5.74) is -0.748. The highest BCUT2D eigenvalue weighted by atomic mass is 28.5. The second kappa shape index (κ2) is 22.8. The Kier molecular flexibility index (Phi) is 24.5. The molecular formula is C34H76O9Si4. The third kappa shape index (κ3) is 26.7. The van der Waals surface area contributed by atoms with Crippen LogP contribution in [0.2, 0.25) is 65.0 Å². The Morgan fingerprint density at radius 2 is 1.00 bits per heavy atom. The summed E-state index contributed by atoms with van der Waals surface area (Å²) in [6.45, 7) is 38.1. The Labute approximate surface area is 294 Å². The van der Waals surface area contributed by atoms with Crippen LogP contribution in [-0.4, -0.2) is 72.0 Å². The molecule has 0 N–H and O–H groups in total. The van der Waals surface area contributed by atoms with E-state index in [0.29, 0.717) is 25.7 Å². The zero-order valence-corrected chi connectivity index (χ0v) is 38.1. The van der Waals surface area contributed by atoms with Crippen LogP contribution in [0.1, 0.15) is 101 Å². The number of hydrogen-bond donors (Lipinski definition) is 0. The van der Waals surface area contributed by atoms with Gasteiger partial charge in [0.05, 0.1) is 37.1 Å². The number of rotatable bonds is 19. The molecule has 0 aromatic carbocycles. The summed E-state index contributed by atoms with van der Waals surface area (Å²) in [7, 11) is -7.00. The SMILES string of the molecule is CCC(C)(C)C(=O)OC.CCC(C)(C)C(=O)OCCC[Si](O[Si](C)(C)C)(O[Si](C)(C)C)O[Si](C)(C)C.CCCCOC(=O)C(C)CC. The largest absolute Gasteiger partial charge is 0.469 e. The summed E-state index contributed by atoms with van der Waals surface area (Å²) in [6.07, 6.45) is 5.21. The summed E-state index contributed by atoms with van der Waals surface area (Å²) in [5.74, 6) is -0.265. The van der Waals surface area contributed by atoms with E-state index in [0.717, 1.165) is 32.1 Å². The Balaban J connectivity index is -0.000000787. The normalized spacial score (nSPS) is 13.3. The van der Waals surface area contributed by atoms with Crippen LogP contribution in [-0.2, 0) is 40.9 Å². The van der Waals surface area contributed by atoms with Crippen LogP contribution in [0, 0.1) is 16.7 Å². The van der Waals surface area contributed by atoms with E-state index in [9.17, 15) is 14.4 Å². The molecular weight excluding hydrogens is 665 g/mol. The highest BCUT2D eigenvalue weighted by Gasteiger charge is 2.49. The molecule has 47 heavy (non-hydrogen) atoms. The molecule has 0 heterocycles. The predicted molar refractivity (Wildman–Crippen MR) is 205 cm³/mol. The molecule has 0 saturated heterocycles. The van der Waals surface area contributed by atoms with Gasteiger partial charge in [-0.2, -0.15) is 0 Å². The van der Waals surface area contributed by atoms with E-state index < -0.39 is 39.2 Å². The molecule has 0 aliphatic carbocycles. The lowest BCUT2D eigenvalue weighted by atomic mass is 9.91. The van der Waals surface area contributed by atoms with Crippen LogP contribution in [0.15, 0.2) is 0 Å². The van der Waals surface area contributed by atoms with Gasteiger partial charge in [0.1, 0.15) is 0 Å². The van der Waals surface area contributed by atoms with Gasteiger partial charge in [0, 0.05) is 6.04 Å². The molecule has 0 bridgehead atoms. The molecule has 0 aromatic rings. The zero-order valence-electron chi connectivity index (χ0n) is 34.1. The Bertz CT molecular complexity index is 849. The molecule has 0 aliphatic rings. The van der Waals surface area contributed by atoms with Gasteiger partial charge in [0.15, 0.2) is 25.0 Å². The fraction of sp³-hybridized carbons (Fsp3) is 0.912. The number of ether oxygens (including phenoxy) is 3. The van der Waals surface area contributed by atoms with E-state index in [2.05, 4.69) is 70.6 Å². The fourth-order valence-electron chi connectivity index (χ4n) is 3.46. The Morgan fingerprint density at radius 1 is 0.617 bits per heavy atom. The maximum Gasteiger partial charge on any atom is 0.469 e. The van der Waals surface area contributed by atoms with Crippen LogP contribution in [0.25, 0.3) is 0 Å². The van der Waals surface area contributed by atoms with Gasteiger partial charge < -0.3 is 26.6 Å². The van der Waals surface area contributed by atoms with Crippen molar-refractivity contribution in [3.8, 4) is 0 Å². The molecule has 0 radical (unpaired) electrons. The first-order chi connectivity index (χ1) is 21.1. The molecule has 282 valence electrons. The molecule has 0 rings (SSSR count). The van der Waals surface area contributed by atoms with Crippen LogP contribution >= 0.6 is 0 Å². The van der Waals surface area contributed by atoms with Crippen molar-refractivity contribution in [3.63, 3.8) is 0 Å². The van der Waals surface area contributed by atoms with Crippen molar-refractivity contribution in [2.45, 2.75) is 166 Å². The molecule has 1 unspecified atom stereocenters. The molecule has 0 amide bonds. The molecule has 0 aliphatic heterocycles. The number of unbranched alkanes of at least 4 members (excludes halogenated alkanes) is 1. The number of methoxy groups -OCH3 is 1. The number of carbonyl (C=O) groups is 3. The fourth-order valence-corrected chi connectivity index (χ4v) is 18.1. The summed E-state index contributed by atoms with van der Waals surface area (Å²) in [6, 6.07) is 0.700. The molecule has 9 nitrogen and oxygen atoms in total. The van der Waals surface area contributed by atoms with Crippen molar-refractivity contribution in [2.24, 2.45) is 16.7 Å². The maximum absolute atomic E-state index is 12.2. The van der Waals surface area contributed by atoms with E-state index in [-0.39, 0.29) is 29.2 Å². The molecule has 13 heteroatoms. The number of hydrogen-bond acceptors (Lipinski definition) is 9. The Hall–Kier alpha value is -0.842. The maximum atomic E-state index is 12.2. The quantitative estimate of drug-likeness (QED) is 0.0554. The smallest absolute Gasteiger partial charge is 0.469 e. The highest BCUT2D eigenvalue weighted by Crippen LogP contribution is 2.30. The van der Waals surface area contributed by atoms with Crippen molar-refractivity contribution in [2.75, 3.05) is 20.3 Å². The van der Waals surface area contributed by atoms with Crippen LogP contribution in [0.4, 0.5) is 0 Å². The van der Waals surface area contributed by atoms with Gasteiger partial charge in [-0.05, 0) is 119 Å². The van der Waals surface area contributed by atoms with E-state index in [1.807, 2.05) is 55.4 Å². The van der Waals surface area contributed by atoms with E-state index in [1.165, 1.54) is 7.11 Å². The summed E-state index contributed by atoms with van der Waals surface area (Å²) < 4.78 is 35.0. The standard InChI is InChI=1S/C18H44O5Si4.C9H18O2.C7H14O2/c1-13-18(2,3)17(19)20-15-14-16-27(21-24(4,5)6,22-25(7,8)9)23-26(10,11)12;1-4-6-7-11-9(10)8(3)5-2;1-5-7(2,3)6(8)9-4/h13-16H2,1-12H3;8H,4-7H2,1-3H3;5H2,1-4H3. The van der Waals surface area contributed by atoms with Crippen molar-refractivity contribution >= 4 is 51.7 Å². The summed E-state index contributed by atoms with van der Waals surface area (Å²) in [4.78, 5) is 34.1. The second-order valence-corrected chi connectivity index (χ2v) is 33.4. The second-order valence-electron chi connectivity index (χ2n) is 16.4. The monoisotopic (exact) mass is 740 g/mol. The molecule has 0 fully saturated rings. The van der Waals surface area contributed by atoms with Crippen LogP contribution in [0.3, 0.4) is 0 Å². The minimum Gasteiger partial charge on any atom is -0.469 e. The van der Waals surface area contributed by atoms with Crippen LogP contribution in [0.5, 0.6) is 0 Å². The first-order valence-corrected chi connectivity index (χ1v) is 29.8. The minimum atomic E-state index is -2.83. The lowest BCUT2D eigenvalue weighted by Crippen LogP contribution is -2.60. The van der Waals surface area contributed by atoms with Gasteiger partial charge in [-0.25, -0.2) is 0 Å². The third-order valence-corrected chi connectivity index (χ3v) is 19.1. The lowest BCUT2D eigenvalue weighted by Gasteiger charge is -2.42. The minimum absolute atomic E-state index is 0.0547. The van der Waals surface area contributed by atoms with Crippen molar-refractivity contribution in [1.29, 1.82) is 0 Å². The molecule has 1 atom stereocenters. The predicted octanol–water partition coefficient (Wildman–Crippen LogP) is 9.82. The average Bonchev–Trinajstić information content (AvgIpc) is 2.92. The first kappa shape index (κ1) is 50.5. The van der Waals surface area contributed by atoms with E-state index in [1.54, 1.807) is 0 Å². The zero-order chi connectivity index (χ0) is 37.9. The lowest BCUT2D eigenvalue weighted by molar-refractivity contribution is -0.154. The van der Waals surface area contributed by atoms with Crippen molar-refractivity contribution in [1.82, 2.24) is 0 Å². The van der Waals surface area contributed by atoms with E-state index in [4.69, 9.17) is 21.8 Å². The van der Waals surface area contributed by atoms with Gasteiger partial charge in [-0.3, -0.25) is 14.4 Å². The highest BCUT2D eigenvalue weighted by molar-refractivity contribution is 6.90. The van der Waals surface area contributed by atoms with Crippen LogP contribution < -0.4 is 0 Å². The van der Waals surface area contributed by atoms with Gasteiger partial charge in [0.25, 0.3) is 0 Å². The van der Waals surface area contributed by atoms with Gasteiger partial charge >= 0.3 is 26.7 Å². The first-order valence-electron chi connectivity index (χ1n) is 17.6. The average molecular weight is 741 g/mol. The molecule has 0 saturated carbocycles. The van der Waals surface area contributed by atoms with Crippen molar-refractivity contribution in [3.05, 3.63) is 0 Å². The van der Waals surface area contributed by atoms with E-state index >= 15 is 0 Å². The Morgan fingerprint density at radius 3 is 1.30 bits per heavy atom. The van der Waals surface area contributed by atoms with Gasteiger partial charge in [0.2, 0.25) is 0 Å². The summed E-state index contributed by atoms with van der Waals surface area (Å²) >= 11 is 0. The molecule has 0 spiro atoms. The number of esters is 3. The van der Waals surface area contributed by atoms with Gasteiger partial charge in [-0.15, -0.1) is 0 Å². The molecule has 0 aromatic heterocycles.